The van der Waals surface area contributed by atoms with Crippen LogP contribution in [-0.4, -0.2) is 29.6 Å². The summed E-state index contributed by atoms with van der Waals surface area (Å²) >= 11 is 0. The molecule has 2 heterocycles. The maximum Gasteiger partial charge on any atom is 0.356 e. The third-order valence-electron chi connectivity index (χ3n) is 3.75. The van der Waals surface area contributed by atoms with E-state index < -0.39 is 17.5 Å². The molecule has 6 nitrogen and oxygen atoms in total. The third kappa shape index (κ3) is 3.56. The Balaban J connectivity index is 1.93. The van der Waals surface area contributed by atoms with Gasteiger partial charge in [-0.15, -0.1) is 0 Å². The van der Waals surface area contributed by atoms with Gasteiger partial charge in [-0.1, -0.05) is 0 Å². The van der Waals surface area contributed by atoms with Gasteiger partial charge in [-0.05, 0) is 50.2 Å². The van der Waals surface area contributed by atoms with Crippen LogP contribution in [0.1, 0.15) is 24.3 Å². The van der Waals surface area contributed by atoms with E-state index in [1.54, 1.807) is 36.4 Å². The van der Waals surface area contributed by atoms with Crippen molar-refractivity contribution >= 4 is 28.5 Å². The summed E-state index contributed by atoms with van der Waals surface area (Å²) in [6, 6.07) is 10.0. The molecule has 2 aromatic heterocycles. The van der Waals surface area contributed by atoms with Crippen molar-refractivity contribution in [2.75, 3.05) is 12.4 Å². The first-order valence-electron chi connectivity index (χ1n) is 7.86. The smallest absolute Gasteiger partial charge is 0.356 e. The highest BCUT2D eigenvalue weighted by atomic mass is 19.1. The topological polar surface area (TPSA) is 81.4 Å². The number of amides is 1. The van der Waals surface area contributed by atoms with Crippen LogP contribution in [0.15, 0.2) is 47.0 Å². The number of ether oxygens (including phenoxy) is 1. The number of esters is 1. The summed E-state index contributed by atoms with van der Waals surface area (Å²) in [6.07, 6.45) is 1.49. The minimum absolute atomic E-state index is 0.170. The van der Waals surface area contributed by atoms with E-state index in [0.717, 1.165) is 5.39 Å². The molecule has 134 valence electrons. The monoisotopic (exact) mass is 356 g/mol. The van der Waals surface area contributed by atoms with Crippen molar-refractivity contribution in [1.29, 1.82) is 0 Å². The number of fused-ring (bicyclic) bond motifs is 1. The molecule has 0 saturated heterocycles. The number of alkyl halides is 1. The first-order valence-corrected chi connectivity index (χ1v) is 7.86. The molecular weight excluding hydrogens is 339 g/mol. The molecule has 7 heteroatoms. The zero-order chi connectivity index (χ0) is 18.9. The van der Waals surface area contributed by atoms with Crippen LogP contribution in [0.5, 0.6) is 0 Å². The second-order valence-electron chi connectivity index (χ2n) is 6.21. The highest BCUT2D eigenvalue weighted by molar-refractivity contribution is 5.98. The average Bonchev–Trinajstić information content (AvgIpc) is 3.03. The van der Waals surface area contributed by atoms with Crippen LogP contribution in [0.2, 0.25) is 0 Å². The fraction of sp³-hybridized carbons (Fsp3) is 0.211. The fourth-order valence-electron chi connectivity index (χ4n) is 2.34. The normalized spacial score (nSPS) is 11.4. The van der Waals surface area contributed by atoms with Crippen LogP contribution in [0.3, 0.4) is 0 Å². The van der Waals surface area contributed by atoms with Crippen LogP contribution in [0, 0.1) is 0 Å². The fourth-order valence-corrected chi connectivity index (χ4v) is 2.34. The number of carbonyl (C=O) groups excluding carboxylic acids is 2. The maximum atomic E-state index is 13.7. The van der Waals surface area contributed by atoms with Crippen LogP contribution in [0.25, 0.3) is 22.3 Å². The lowest BCUT2D eigenvalue weighted by atomic mass is 10.1. The molecule has 1 N–H and O–H groups in total. The Bertz CT molecular complexity index is 989. The second-order valence-corrected chi connectivity index (χ2v) is 6.21. The van der Waals surface area contributed by atoms with Crippen LogP contribution < -0.4 is 5.32 Å². The average molecular weight is 356 g/mol. The number of anilines is 1. The Morgan fingerprint density at radius 2 is 1.96 bits per heavy atom. The quantitative estimate of drug-likeness (QED) is 0.716. The molecule has 0 aliphatic heterocycles. The van der Waals surface area contributed by atoms with Gasteiger partial charge in [-0.25, -0.2) is 14.2 Å². The maximum absolute atomic E-state index is 13.7. The van der Waals surface area contributed by atoms with E-state index >= 15 is 0 Å². The molecule has 0 spiro atoms. The van der Waals surface area contributed by atoms with E-state index in [1.165, 1.54) is 27.2 Å². The highest BCUT2D eigenvalue weighted by Crippen LogP contribution is 2.30. The molecule has 26 heavy (non-hydrogen) atoms. The lowest BCUT2D eigenvalue weighted by Gasteiger charge is -2.13. The molecule has 0 atom stereocenters. The van der Waals surface area contributed by atoms with Gasteiger partial charge in [0.2, 0.25) is 0 Å². The van der Waals surface area contributed by atoms with E-state index in [-0.39, 0.29) is 5.69 Å². The van der Waals surface area contributed by atoms with Crippen molar-refractivity contribution in [2.24, 2.45) is 0 Å². The van der Waals surface area contributed by atoms with E-state index in [9.17, 15) is 14.0 Å². The first kappa shape index (κ1) is 17.6. The van der Waals surface area contributed by atoms with E-state index in [0.29, 0.717) is 22.6 Å². The number of hydrogen-bond donors (Lipinski definition) is 1. The molecule has 0 bridgehead atoms. The van der Waals surface area contributed by atoms with Crippen molar-refractivity contribution in [2.45, 2.75) is 19.5 Å². The number of aromatic nitrogens is 1. The SMILES string of the molecule is COC(=O)c1cc(-c2cc3cc(NC(=O)C(C)(C)F)ccc3o2)ccn1. The number of nitrogens with zero attached hydrogens (tertiary/aromatic N) is 1. The highest BCUT2D eigenvalue weighted by Gasteiger charge is 2.26. The largest absolute Gasteiger partial charge is 0.464 e. The van der Waals surface area contributed by atoms with Crippen LogP contribution in [-0.2, 0) is 9.53 Å². The number of carbonyl (C=O) groups is 2. The summed E-state index contributed by atoms with van der Waals surface area (Å²) < 4.78 is 24.1. The van der Waals surface area contributed by atoms with Crippen LogP contribution in [0.4, 0.5) is 10.1 Å². The molecule has 3 aromatic rings. The van der Waals surface area contributed by atoms with Gasteiger partial charge in [0.15, 0.2) is 5.67 Å². The summed E-state index contributed by atoms with van der Waals surface area (Å²) in [4.78, 5) is 27.3. The number of nitrogens with one attached hydrogen (secondary N) is 1. The lowest BCUT2D eigenvalue weighted by Crippen LogP contribution is -2.32. The van der Waals surface area contributed by atoms with Gasteiger partial charge < -0.3 is 14.5 Å². The van der Waals surface area contributed by atoms with Gasteiger partial charge in [0.1, 0.15) is 17.0 Å². The Hall–Kier alpha value is -3.22. The molecule has 0 unspecified atom stereocenters. The summed E-state index contributed by atoms with van der Waals surface area (Å²) in [5.74, 6) is -0.735. The Morgan fingerprint density at radius 1 is 1.19 bits per heavy atom. The first-order chi connectivity index (χ1) is 12.3. The van der Waals surface area contributed by atoms with E-state index in [4.69, 9.17) is 4.42 Å². The van der Waals surface area contributed by atoms with E-state index in [2.05, 4.69) is 15.0 Å². The number of furan rings is 1. The minimum atomic E-state index is -1.97. The van der Waals surface area contributed by atoms with Crippen molar-refractivity contribution in [3.05, 3.63) is 48.3 Å². The van der Waals surface area contributed by atoms with Gasteiger partial charge >= 0.3 is 5.97 Å². The molecule has 1 amide bonds. The number of halogens is 1. The Labute approximate surface area is 149 Å². The molecule has 3 rings (SSSR count). The Morgan fingerprint density at radius 3 is 2.65 bits per heavy atom. The summed E-state index contributed by atoms with van der Waals surface area (Å²) in [7, 11) is 1.28. The standard InChI is InChI=1S/C19H17FN2O4/c1-19(2,20)18(24)22-13-4-5-15-12(8-13)10-16(26-15)11-6-7-21-14(9-11)17(23)25-3/h4-10H,1-3H3,(H,22,24). The molecule has 0 aliphatic carbocycles. The number of pyridine rings is 1. The summed E-state index contributed by atoms with van der Waals surface area (Å²) in [5, 5.41) is 3.26. The summed E-state index contributed by atoms with van der Waals surface area (Å²) in [6.45, 7) is 2.39. The van der Waals surface area contributed by atoms with Gasteiger partial charge in [-0.3, -0.25) is 4.79 Å². The van der Waals surface area contributed by atoms with Crippen molar-refractivity contribution in [1.82, 2.24) is 4.98 Å². The van der Waals surface area contributed by atoms with Crippen molar-refractivity contribution in [3.8, 4) is 11.3 Å². The predicted octanol–water partition coefficient (Wildman–Crippen LogP) is 3.97. The predicted molar refractivity (Wildman–Crippen MR) is 94.6 cm³/mol. The molecule has 0 aliphatic rings. The molecule has 1 aromatic carbocycles. The number of rotatable bonds is 4. The lowest BCUT2D eigenvalue weighted by molar-refractivity contribution is -0.125. The number of hydrogen-bond acceptors (Lipinski definition) is 5. The second kappa shape index (κ2) is 6.59. The van der Waals surface area contributed by atoms with Crippen molar-refractivity contribution in [3.63, 3.8) is 0 Å². The van der Waals surface area contributed by atoms with E-state index in [1.807, 2.05) is 0 Å². The van der Waals surface area contributed by atoms with Gasteiger partial charge in [0, 0.05) is 22.8 Å². The number of benzene rings is 1. The van der Waals surface area contributed by atoms with Crippen LogP contribution >= 0.6 is 0 Å². The van der Waals surface area contributed by atoms with Gasteiger partial charge in [0.25, 0.3) is 5.91 Å². The minimum Gasteiger partial charge on any atom is -0.464 e. The Kier molecular flexibility index (Phi) is 4.46. The molecular formula is C19H17FN2O4. The molecule has 0 saturated carbocycles. The number of methoxy groups -OCH3 is 1. The molecule has 0 fully saturated rings. The summed E-state index contributed by atoms with van der Waals surface area (Å²) in [5.41, 5.74) is -0.0900. The third-order valence-corrected chi connectivity index (χ3v) is 3.75. The molecule has 0 radical (unpaired) electrons. The zero-order valence-electron chi connectivity index (χ0n) is 14.5. The zero-order valence-corrected chi connectivity index (χ0v) is 14.5. The van der Waals surface area contributed by atoms with Gasteiger partial charge in [0.05, 0.1) is 7.11 Å². The van der Waals surface area contributed by atoms with Gasteiger partial charge in [-0.2, -0.15) is 0 Å². The van der Waals surface area contributed by atoms with Crippen molar-refractivity contribution < 1.29 is 23.1 Å².